The summed E-state index contributed by atoms with van der Waals surface area (Å²) in [6.07, 6.45) is 0.697. The van der Waals surface area contributed by atoms with E-state index >= 15 is 0 Å². The van der Waals surface area contributed by atoms with Crippen LogP contribution in [0.5, 0.6) is 0 Å². The highest BCUT2D eigenvalue weighted by Gasteiger charge is 2.61. The van der Waals surface area contributed by atoms with Gasteiger partial charge in [-0.05, 0) is 17.3 Å². The fraction of sp³-hybridized carbons (Fsp3) is 1.00. The molecule has 0 saturated carbocycles. The molecule has 1 aliphatic rings. The molecule has 0 spiro atoms. The second kappa shape index (κ2) is 3.20. The minimum Gasteiger partial charge on any atom is -0.215 e. The van der Waals surface area contributed by atoms with Crippen molar-refractivity contribution in [2.75, 3.05) is 6.54 Å². The summed E-state index contributed by atoms with van der Waals surface area (Å²) in [6.45, 7) is 12.7. The van der Waals surface area contributed by atoms with E-state index in [1.54, 1.807) is 0 Å². The van der Waals surface area contributed by atoms with Gasteiger partial charge in [-0.2, -0.15) is 0 Å². The highest BCUT2D eigenvalue weighted by Crippen LogP contribution is 2.53. The maximum Gasteiger partial charge on any atom is 0.218 e. The Bertz CT molecular complexity index is 330. The van der Waals surface area contributed by atoms with Gasteiger partial charge in [0.1, 0.15) is 0 Å². The first-order valence-corrected chi connectivity index (χ1v) is 6.93. The fourth-order valence-electron chi connectivity index (χ4n) is 3.30. The van der Waals surface area contributed by atoms with Crippen LogP contribution in [0.15, 0.2) is 0 Å². The molecule has 90 valence electrons. The predicted octanol–water partition coefficient (Wildman–Crippen LogP) is 2.14. The molecule has 0 amide bonds. The van der Waals surface area contributed by atoms with Crippen LogP contribution in [0.3, 0.4) is 0 Å². The summed E-state index contributed by atoms with van der Waals surface area (Å²) in [7, 11) is -3.21. The molecule has 0 radical (unpaired) electrons. The standard InChI is InChI=1S/C11H23NO2S/c1-9(2,3)11(10(4,5)6)7-8-12-15(11,13)14/h12H,7-8H2,1-6H3. The second-order valence-corrected chi connectivity index (χ2v) is 8.47. The maximum absolute atomic E-state index is 12.3. The van der Waals surface area contributed by atoms with Gasteiger partial charge in [0, 0.05) is 6.54 Å². The van der Waals surface area contributed by atoms with Crippen LogP contribution in [0, 0.1) is 10.8 Å². The minimum absolute atomic E-state index is 0.256. The van der Waals surface area contributed by atoms with E-state index in [1.165, 1.54) is 0 Å². The van der Waals surface area contributed by atoms with E-state index in [2.05, 4.69) is 4.72 Å². The fourth-order valence-corrected chi connectivity index (χ4v) is 5.90. The van der Waals surface area contributed by atoms with Crippen molar-refractivity contribution < 1.29 is 8.42 Å². The van der Waals surface area contributed by atoms with E-state index in [1.807, 2.05) is 41.5 Å². The van der Waals surface area contributed by atoms with E-state index in [0.717, 1.165) is 0 Å². The molecule has 1 aliphatic heterocycles. The van der Waals surface area contributed by atoms with Gasteiger partial charge in [-0.15, -0.1) is 0 Å². The summed E-state index contributed by atoms with van der Waals surface area (Å²) in [5.74, 6) is 0. The quantitative estimate of drug-likeness (QED) is 0.697. The Hall–Kier alpha value is -0.0900. The van der Waals surface area contributed by atoms with Crippen molar-refractivity contribution in [3.8, 4) is 0 Å². The molecule has 1 heterocycles. The number of hydrogen-bond donors (Lipinski definition) is 1. The van der Waals surface area contributed by atoms with Crippen LogP contribution >= 0.6 is 0 Å². The molecule has 4 heteroatoms. The lowest BCUT2D eigenvalue weighted by atomic mass is 9.64. The molecule has 0 aromatic rings. The lowest BCUT2D eigenvalue weighted by Crippen LogP contribution is -2.57. The molecule has 0 bridgehead atoms. The zero-order valence-corrected chi connectivity index (χ0v) is 11.5. The van der Waals surface area contributed by atoms with Gasteiger partial charge < -0.3 is 0 Å². The summed E-state index contributed by atoms with van der Waals surface area (Å²) in [6, 6.07) is 0. The smallest absolute Gasteiger partial charge is 0.215 e. The summed E-state index contributed by atoms with van der Waals surface area (Å²) < 4.78 is 26.5. The van der Waals surface area contributed by atoms with Crippen molar-refractivity contribution >= 4 is 10.0 Å². The molecule has 0 aliphatic carbocycles. The third kappa shape index (κ3) is 1.62. The van der Waals surface area contributed by atoms with Gasteiger partial charge in [0.05, 0.1) is 4.75 Å². The van der Waals surface area contributed by atoms with Crippen molar-refractivity contribution in [1.29, 1.82) is 0 Å². The Morgan fingerprint density at radius 1 is 1.00 bits per heavy atom. The Kier molecular flexibility index (Phi) is 2.77. The van der Waals surface area contributed by atoms with Crippen molar-refractivity contribution in [2.45, 2.75) is 52.7 Å². The zero-order valence-electron chi connectivity index (χ0n) is 10.6. The van der Waals surface area contributed by atoms with Gasteiger partial charge in [-0.1, -0.05) is 41.5 Å². The van der Waals surface area contributed by atoms with E-state index in [4.69, 9.17) is 0 Å². The van der Waals surface area contributed by atoms with Crippen LogP contribution < -0.4 is 4.72 Å². The van der Waals surface area contributed by atoms with Crippen molar-refractivity contribution in [3.63, 3.8) is 0 Å². The van der Waals surface area contributed by atoms with E-state index in [9.17, 15) is 8.42 Å². The van der Waals surface area contributed by atoms with Gasteiger partial charge in [-0.25, -0.2) is 13.1 Å². The normalized spacial score (nSPS) is 25.5. The number of sulfonamides is 1. The van der Waals surface area contributed by atoms with Crippen LogP contribution in [0.25, 0.3) is 0 Å². The molecule has 3 nitrogen and oxygen atoms in total. The Morgan fingerprint density at radius 2 is 1.40 bits per heavy atom. The Labute approximate surface area is 93.7 Å². The van der Waals surface area contributed by atoms with E-state index < -0.39 is 14.8 Å². The SMILES string of the molecule is CC(C)(C)C1(C(C)(C)C)CCNS1(=O)=O. The first kappa shape index (κ1) is 13.0. The molecular formula is C11H23NO2S. The lowest BCUT2D eigenvalue weighted by molar-refractivity contribution is 0.131. The molecule has 0 aromatic carbocycles. The highest BCUT2D eigenvalue weighted by atomic mass is 32.2. The van der Waals surface area contributed by atoms with Gasteiger partial charge in [0.2, 0.25) is 10.0 Å². The minimum atomic E-state index is -3.21. The molecule has 15 heavy (non-hydrogen) atoms. The molecule has 0 atom stereocenters. The number of nitrogens with one attached hydrogen (secondary N) is 1. The van der Waals surface area contributed by atoms with Crippen molar-refractivity contribution in [2.24, 2.45) is 10.8 Å². The Balaban J connectivity index is 3.47. The van der Waals surface area contributed by atoms with Crippen LogP contribution in [0.4, 0.5) is 0 Å². The second-order valence-electron chi connectivity index (χ2n) is 6.47. The summed E-state index contributed by atoms with van der Waals surface area (Å²) in [4.78, 5) is 0. The van der Waals surface area contributed by atoms with Gasteiger partial charge >= 0.3 is 0 Å². The largest absolute Gasteiger partial charge is 0.218 e. The molecular weight excluding hydrogens is 210 g/mol. The molecule has 0 unspecified atom stereocenters. The average Bonchev–Trinajstić information content (AvgIpc) is 2.21. The van der Waals surface area contributed by atoms with E-state index in [-0.39, 0.29) is 10.8 Å². The third-order valence-corrected chi connectivity index (χ3v) is 6.58. The number of rotatable bonds is 0. The third-order valence-electron chi connectivity index (χ3n) is 3.65. The predicted molar refractivity (Wildman–Crippen MR) is 63.2 cm³/mol. The molecule has 0 aromatic heterocycles. The zero-order chi connectivity index (χ0) is 12.1. The van der Waals surface area contributed by atoms with Crippen LogP contribution in [0.2, 0.25) is 0 Å². The molecule has 1 saturated heterocycles. The van der Waals surface area contributed by atoms with Crippen LogP contribution in [-0.2, 0) is 10.0 Å². The molecule has 1 fully saturated rings. The van der Waals surface area contributed by atoms with Crippen molar-refractivity contribution in [1.82, 2.24) is 4.72 Å². The topological polar surface area (TPSA) is 46.2 Å². The number of hydrogen-bond acceptors (Lipinski definition) is 2. The highest BCUT2D eigenvalue weighted by molar-refractivity contribution is 7.91. The first-order chi connectivity index (χ1) is 6.46. The van der Waals surface area contributed by atoms with Crippen molar-refractivity contribution in [3.05, 3.63) is 0 Å². The van der Waals surface area contributed by atoms with Gasteiger partial charge in [0.25, 0.3) is 0 Å². The maximum atomic E-state index is 12.3. The van der Waals surface area contributed by atoms with Crippen LogP contribution in [-0.4, -0.2) is 19.7 Å². The van der Waals surface area contributed by atoms with E-state index in [0.29, 0.717) is 13.0 Å². The average molecular weight is 233 g/mol. The molecule has 1 rings (SSSR count). The van der Waals surface area contributed by atoms with Gasteiger partial charge in [0.15, 0.2) is 0 Å². The first-order valence-electron chi connectivity index (χ1n) is 5.45. The van der Waals surface area contributed by atoms with Crippen LogP contribution in [0.1, 0.15) is 48.0 Å². The monoisotopic (exact) mass is 233 g/mol. The summed E-state index contributed by atoms with van der Waals surface area (Å²) >= 11 is 0. The Morgan fingerprint density at radius 3 is 1.53 bits per heavy atom. The lowest BCUT2D eigenvalue weighted by Gasteiger charge is -2.49. The summed E-state index contributed by atoms with van der Waals surface area (Å²) in [5.41, 5.74) is -0.513. The van der Waals surface area contributed by atoms with Gasteiger partial charge in [-0.3, -0.25) is 0 Å². The summed E-state index contributed by atoms with van der Waals surface area (Å²) in [5, 5.41) is 0. The molecule has 1 N–H and O–H groups in total.